The van der Waals surface area contributed by atoms with Gasteiger partial charge in [0.15, 0.2) is 0 Å². The molecule has 0 saturated heterocycles. The number of aryl methyl sites for hydroxylation is 1. The number of carbonyl (C=O) groups is 3. The van der Waals surface area contributed by atoms with Gasteiger partial charge in [-0.2, -0.15) is 0 Å². The average Bonchev–Trinajstić information content (AvgIpc) is 3.78. The number of pyridine rings is 1. The fourth-order valence-electron chi connectivity index (χ4n) is 6.12. The molecule has 212 valence electrons. The van der Waals surface area contributed by atoms with E-state index in [0.29, 0.717) is 35.7 Å². The molecule has 1 atom stereocenters. The van der Waals surface area contributed by atoms with Gasteiger partial charge in [-0.05, 0) is 89.7 Å². The van der Waals surface area contributed by atoms with Gasteiger partial charge in [0, 0.05) is 18.0 Å². The maximum Gasteiger partial charge on any atom is 0.407 e. The molecule has 0 aromatic carbocycles. The maximum atomic E-state index is 13.8. The molecule has 4 N–H and O–H groups in total. The van der Waals surface area contributed by atoms with Crippen molar-refractivity contribution in [2.75, 3.05) is 10.6 Å². The average molecular weight is 550 g/mol. The summed E-state index contributed by atoms with van der Waals surface area (Å²) in [4.78, 5) is 59.7. The summed E-state index contributed by atoms with van der Waals surface area (Å²) in [5.74, 6) is 0.422. The number of nitrogens with zero attached hydrogens (tertiary/aromatic N) is 3. The third kappa shape index (κ3) is 4.79. The first-order valence-corrected chi connectivity index (χ1v) is 13.9. The number of hydrogen-bond acceptors (Lipinski definition) is 8. The van der Waals surface area contributed by atoms with Crippen molar-refractivity contribution in [3.63, 3.8) is 0 Å². The lowest BCUT2D eigenvalue weighted by molar-refractivity contribution is -0.117. The van der Waals surface area contributed by atoms with Crippen LogP contribution in [0, 0.1) is 18.3 Å². The first-order chi connectivity index (χ1) is 18.9. The number of rotatable bonds is 5. The number of hydrogen-bond donors (Lipinski definition) is 4. The van der Waals surface area contributed by atoms with E-state index in [9.17, 15) is 19.2 Å². The highest BCUT2D eigenvalue weighted by Gasteiger charge is 2.60. The molecule has 2 spiro atoms. The minimum atomic E-state index is -0.828. The Bertz CT molecular complexity index is 1460. The minimum absolute atomic E-state index is 0.0232. The molecule has 6 rings (SSSR count). The summed E-state index contributed by atoms with van der Waals surface area (Å²) in [5, 5.41) is 12.0. The fraction of sp³-hybridized carbons (Fsp3) is 0.571. The SMILES string of the molecule is Cc1cc(Nc2cc(NC(=O)C3CC3)ncn2)c(=O)n2c1C(=O)NC21CCC2(CC1)CC2NC(=O)OC(C)(C)C. The van der Waals surface area contributed by atoms with Crippen LogP contribution in [-0.4, -0.2) is 44.1 Å². The molecule has 3 saturated carbocycles. The topological polar surface area (TPSA) is 156 Å². The Hall–Kier alpha value is -3.96. The Morgan fingerprint density at radius 2 is 1.77 bits per heavy atom. The molecule has 1 aliphatic heterocycles. The zero-order valence-electron chi connectivity index (χ0n) is 23.2. The first-order valence-electron chi connectivity index (χ1n) is 13.9. The molecule has 12 nitrogen and oxygen atoms in total. The lowest BCUT2D eigenvalue weighted by atomic mass is 9.79. The summed E-state index contributed by atoms with van der Waals surface area (Å²) in [6, 6.07) is 3.26. The molecule has 3 aliphatic carbocycles. The molecule has 3 fully saturated rings. The van der Waals surface area contributed by atoms with Crippen molar-refractivity contribution in [3.8, 4) is 0 Å². The van der Waals surface area contributed by atoms with Gasteiger partial charge < -0.3 is 26.0 Å². The third-order valence-corrected chi connectivity index (χ3v) is 8.46. The van der Waals surface area contributed by atoms with Gasteiger partial charge >= 0.3 is 6.09 Å². The Kier molecular flexibility index (Phi) is 5.93. The van der Waals surface area contributed by atoms with Crippen LogP contribution in [0.25, 0.3) is 0 Å². The minimum Gasteiger partial charge on any atom is -0.444 e. The monoisotopic (exact) mass is 549 g/mol. The first kappa shape index (κ1) is 26.3. The largest absolute Gasteiger partial charge is 0.444 e. The van der Waals surface area contributed by atoms with Crippen LogP contribution in [0.15, 0.2) is 23.3 Å². The highest BCUT2D eigenvalue weighted by molar-refractivity contribution is 5.97. The van der Waals surface area contributed by atoms with Gasteiger partial charge in [-0.25, -0.2) is 14.8 Å². The lowest BCUT2D eigenvalue weighted by Crippen LogP contribution is -2.51. The van der Waals surface area contributed by atoms with E-state index in [4.69, 9.17) is 4.74 Å². The number of alkyl carbamates (subject to hydrolysis) is 1. The number of nitrogens with one attached hydrogen (secondary N) is 4. The maximum absolute atomic E-state index is 13.8. The summed E-state index contributed by atoms with van der Waals surface area (Å²) in [6.45, 7) is 7.31. The number of amides is 3. The second-order valence-corrected chi connectivity index (χ2v) is 12.7. The van der Waals surface area contributed by atoms with Crippen molar-refractivity contribution < 1.29 is 19.1 Å². The molecule has 3 amide bonds. The smallest absolute Gasteiger partial charge is 0.407 e. The van der Waals surface area contributed by atoms with E-state index in [0.717, 1.165) is 32.1 Å². The van der Waals surface area contributed by atoms with Crippen LogP contribution in [0.2, 0.25) is 0 Å². The second kappa shape index (κ2) is 9.03. The zero-order chi connectivity index (χ0) is 28.4. The van der Waals surface area contributed by atoms with Crippen molar-refractivity contribution in [2.24, 2.45) is 11.3 Å². The van der Waals surface area contributed by atoms with Gasteiger partial charge in [0.1, 0.15) is 40.6 Å². The van der Waals surface area contributed by atoms with Crippen molar-refractivity contribution in [1.82, 2.24) is 25.2 Å². The predicted molar refractivity (Wildman–Crippen MR) is 146 cm³/mol. The van der Waals surface area contributed by atoms with Gasteiger partial charge in [-0.1, -0.05) is 0 Å². The van der Waals surface area contributed by atoms with Gasteiger partial charge in [-0.3, -0.25) is 19.0 Å². The van der Waals surface area contributed by atoms with Crippen LogP contribution >= 0.6 is 0 Å². The van der Waals surface area contributed by atoms with Crippen molar-refractivity contribution in [3.05, 3.63) is 40.1 Å². The van der Waals surface area contributed by atoms with Crippen molar-refractivity contribution in [1.29, 1.82) is 0 Å². The molecule has 2 aromatic heterocycles. The van der Waals surface area contributed by atoms with Gasteiger partial charge in [0.05, 0.1) is 0 Å². The molecule has 12 heteroatoms. The second-order valence-electron chi connectivity index (χ2n) is 12.7. The summed E-state index contributed by atoms with van der Waals surface area (Å²) >= 11 is 0. The predicted octanol–water partition coefficient (Wildman–Crippen LogP) is 3.29. The highest BCUT2D eigenvalue weighted by atomic mass is 16.6. The van der Waals surface area contributed by atoms with Gasteiger partial charge in [0.25, 0.3) is 11.5 Å². The lowest BCUT2D eigenvalue weighted by Gasteiger charge is -2.39. The van der Waals surface area contributed by atoms with E-state index in [-0.39, 0.29) is 40.4 Å². The van der Waals surface area contributed by atoms with Crippen LogP contribution in [0.4, 0.5) is 22.1 Å². The van der Waals surface area contributed by atoms with Crippen LogP contribution in [-0.2, 0) is 15.2 Å². The highest BCUT2D eigenvalue weighted by Crippen LogP contribution is 2.59. The van der Waals surface area contributed by atoms with Gasteiger partial charge in [-0.15, -0.1) is 0 Å². The van der Waals surface area contributed by atoms with Crippen molar-refractivity contribution >= 4 is 35.2 Å². The van der Waals surface area contributed by atoms with Crippen molar-refractivity contribution in [2.45, 2.75) is 89.9 Å². The zero-order valence-corrected chi connectivity index (χ0v) is 23.2. The summed E-state index contributed by atoms with van der Waals surface area (Å²) < 4.78 is 7.02. The number of ether oxygens (including phenoxy) is 1. The summed E-state index contributed by atoms with van der Waals surface area (Å²) in [7, 11) is 0. The molecular weight excluding hydrogens is 514 g/mol. The van der Waals surface area contributed by atoms with Crippen LogP contribution in [0.1, 0.15) is 81.8 Å². The Balaban J connectivity index is 1.20. The number of fused-ring (bicyclic) bond motifs is 2. The van der Waals surface area contributed by atoms with Crippen LogP contribution in [0.3, 0.4) is 0 Å². The number of carbonyl (C=O) groups excluding carboxylic acids is 3. The van der Waals surface area contributed by atoms with Crippen LogP contribution < -0.4 is 26.8 Å². The Morgan fingerprint density at radius 1 is 1.07 bits per heavy atom. The third-order valence-electron chi connectivity index (χ3n) is 8.46. The number of aromatic nitrogens is 3. The van der Waals surface area contributed by atoms with E-state index >= 15 is 0 Å². The fourth-order valence-corrected chi connectivity index (χ4v) is 6.12. The quantitative estimate of drug-likeness (QED) is 0.443. The summed E-state index contributed by atoms with van der Waals surface area (Å²) in [6.07, 6.45) is 6.18. The summed E-state index contributed by atoms with van der Waals surface area (Å²) in [5.41, 5.74) is -0.446. The van der Waals surface area contributed by atoms with E-state index in [1.165, 1.54) is 6.33 Å². The number of anilines is 3. The molecule has 3 heterocycles. The molecule has 0 radical (unpaired) electrons. The Morgan fingerprint density at radius 3 is 2.45 bits per heavy atom. The molecule has 4 aliphatic rings. The van der Waals surface area contributed by atoms with Crippen LogP contribution in [0.5, 0.6) is 0 Å². The van der Waals surface area contributed by atoms with Gasteiger partial charge in [0.2, 0.25) is 5.91 Å². The molecule has 1 unspecified atom stereocenters. The van der Waals surface area contributed by atoms with E-state index < -0.39 is 17.4 Å². The normalized spacial score (nSPS) is 26.7. The Labute approximate surface area is 231 Å². The van der Waals surface area contributed by atoms with E-state index in [1.807, 2.05) is 27.7 Å². The molecule has 2 aromatic rings. The molecule has 40 heavy (non-hydrogen) atoms. The van der Waals surface area contributed by atoms with E-state index in [1.54, 1.807) is 16.7 Å². The molecular formula is C28H35N7O5. The van der Waals surface area contributed by atoms with E-state index in [2.05, 4.69) is 31.2 Å². The molecule has 0 bridgehead atoms. The standard InChI is InChI=1S/C28H35N7O5/c1-15-11-17(31-19-12-20(30-14-29-19)33-22(36)16-5-6-16)24(38)35-21(15)23(37)34-28(35)9-7-27(8-10-28)13-18(27)32-25(39)40-26(2,3)4/h11-12,14,16,18H,5-10,13H2,1-4H3,(H,32,39)(H,34,37)(H2,29,30,31,33,36).